The summed E-state index contributed by atoms with van der Waals surface area (Å²) < 4.78 is 211. The first-order valence-electron chi connectivity index (χ1n) is 51.0. The van der Waals surface area contributed by atoms with Crippen LogP contribution in [0.2, 0.25) is 0 Å². The monoisotopic (exact) mass is 2120 g/mol. The molecular weight excluding hydrogens is 1970 g/mol. The molecule has 19 rings (SSSR count). The molecule has 0 unspecified atom stereocenters. The minimum Gasteiger partial charge on any atom is -0.497 e. The zero-order valence-corrected chi connectivity index (χ0v) is 88.8. The molecule has 6 aromatic rings. The molecule has 1 amide bonds. The van der Waals surface area contributed by atoms with Crippen molar-refractivity contribution in [1.29, 1.82) is 0 Å². The number of methoxy groups -OCH3 is 1. The predicted molar refractivity (Wildman–Crippen MR) is 540 cm³/mol. The van der Waals surface area contributed by atoms with Crippen molar-refractivity contribution >= 4 is 79.2 Å². The van der Waals surface area contributed by atoms with Crippen molar-refractivity contribution in [3.63, 3.8) is 0 Å². The summed E-state index contributed by atoms with van der Waals surface area (Å²) in [5.41, 5.74) is -1.63. The standard InChI is InChI=1S/C19H26N2O4S.C19H28N2O4S.C18H28N2O4S.C17H24N2O4S.C15H17F3N2O4S.C15H21N3O/c1-15(22)17-4-6-18(7-5-17)26(23,24)21-12-13-25-19(21)8-10-20(11-9-19)14-16-2-3-16;1-3-4-11-20-12-9-19(10-13-20)21(14-15-25-19)26(23,24)18-7-5-17(6-8-18)16(2)22;1-3-4-11-19-12-9-18(10-13-19)20(14-15-24-18)25(21,22)17-7-5-16(23-2)6-8-17;1-3-18-10-8-17(9-11-18)19(12-13-23-17)24(21,22)16-6-4-15(5-7-16)14(2)20;16-15(17,18)13(21)11-1-3-12(4-2-11)25(22,23)20-9-10-24-14(20)5-7-19-8-6-14;1-17-9-7-15(8-10-17)16-14(19)12-18(15)11-13-5-3-2-4-6-13/h4-7,16H,2-3,8-14H2,1H3;5-8H,3-4,9-15H2,1-2H3;5-8H,3-4,9-15H2,1-2H3;4-7H,3,8-13H2,1-2H3;1-4,19H,5-10H2;2-6H,7-12H2,1H3,(H,16,19). The fourth-order valence-electron chi connectivity index (χ4n) is 21.5. The number of carbonyl (C=O) groups excluding carboxylic acids is 5. The lowest BCUT2D eigenvalue weighted by atomic mass is 9.96. The van der Waals surface area contributed by atoms with Crippen LogP contribution in [0.3, 0.4) is 0 Å². The molecule has 1 saturated carbocycles. The highest BCUT2D eigenvalue weighted by molar-refractivity contribution is 7.90. The molecule has 12 saturated heterocycles. The Morgan fingerprint density at radius 3 is 1.01 bits per heavy atom. The van der Waals surface area contributed by atoms with Crippen LogP contribution in [0.4, 0.5) is 13.2 Å². The summed E-state index contributed by atoms with van der Waals surface area (Å²) in [6.45, 7) is 30.5. The molecule has 12 heterocycles. The lowest BCUT2D eigenvalue weighted by Crippen LogP contribution is -2.57. The van der Waals surface area contributed by atoms with E-state index in [9.17, 15) is 79.2 Å². The second-order valence-electron chi connectivity index (χ2n) is 39.7. The van der Waals surface area contributed by atoms with Gasteiger partial charge >= 0.3 is 6.18 Å². The number of halogens is 3. The molecule has 34 nitrogen and oxygen atoms in total. The molecule has 12 aliphatic heterocycles. The summed E-state index contributed by atoms with van der Waals surface area (Å²) in [7, 11) is -14.7. The molecule has 13 fully saturated rings. The Balaban J connectivity index is 0.000000138. The molecule has 0 bridgehead atoms. The van der Waals surface area contributed by atoms with Crippen LogP contribution in [0.5, 0.6) is 5.75 Å². The number of hydrogen-bond acceptors (Lipinski definition) is 28. The van der Waals surface area contributed by atoms with E-state index in [1.165, 1.54) is 103 Å². The van der Waals surface area contributed by atoms with Crippen LogP contribution in [0.25, 0.3) is 0 Å². The van der Waals surface area contributed by atoms with E-state index >= 15 is 0 Å². The third-order valence-electron chi connectivity index (χ3n) is 30.3. The smallest absolute Gasteiger partial charge is 0.454 e. The van der Waals surface area contributed by atoms with Gasteiger partial charge in [-0.1, -0.05) is 100 Å². The van der Waals surface area contributed by atoms with Crippen molar-refractivity contribution in [2.24, 2.45) is 5.92 Å². The number of carbonyl (C=O) groups is 5. The molecule has 6 aromatic carbocycles. The Labute approximate surface area is 853 Å². The van der Waals surface area contributed by atoms with Crippen LogP contribution >= 0.6 is 0 Å². The van der Waals surface area contributed by atoms with Gasteiger partial charge in [0.2, 0.25) is 56.0 Å². The fraction of sp³-hybridized carbons (Fsp3) is 0.602. The van der Waals surface area contributed by atoms with E-state index in [0.717, 1.165) is 160 Å². The van der Waals surface area contributed by atoms with E-state index in [1.54, 1.807) is 80.7 Å². The minimum absolute atomic E-state index is 0.0713. The van der Waals surface area contributed by atoms with Gasteiger partial charge in [-0.25, -0.2) is 42.1 Å². The number of rotatable bonds is 26. The van der Waals surface area contributed by atoms with E-state index in [-0.39, 0.29) is 61.7 Å². The fourth-order valence-corrected chi connectivity index (χ4v) is 30.1. The first-order chi connectivity index (χ1) is 69.0. The van der Waals surface area contributed by atoms with Crippen LogP contribution in [0, 0.1) is 5.92 Å². The minimum atomic E-state index is -5.00. The number of ether oxygens (including phenoxy) is 6. The molecule has 6 spiro atoms. The zero-order valence-electron chi connectivity index (χ0n) is 84.7. The van der Waals surface area contributed by atoms with Gasteiger partial charge in [0.1, 0.15) is 34.4 Å². The number of Topliss-reactive ketones (excluding diaryl/α,β-unsaturated/α-hetero) is 4. The van der Waals surface area contributed by atoms with E-state index in [2.05, 4.69) is 92.1 Å². The number of nitrogens with zero attached hydrogens (tertiary/aromatic N) is 11. The summed E-state index contributed by atoms with van der Waals surface area (Å²) in [5, 5.41) is 6.36. The van der Waals surface area contributed by atoms with E-state index < -0.39 is 96.3 Å². The third kappa shape index (κ3) is 26.3. The van der Waals surface area contributed by atoms with Crippen molar-refractivity contribution < 1.29 is 108 Å². The normalized spacial score (nSPS) is 22.4. The molecule has 2 N–H and O–H groups in total. The van der Waals surface area contributed by atoms with Gasteiger partial charge in [-0.2, -0.15) is 34.7 Å². The molecule has 42 heteroatoms. The number of hydrogen-bond donors (Lipinski definition) is 2. The molecular formula is C103H144F3N13O21S5. The van der Waals surface area contributed by atoms with Crippen molar-refractivity contribution in [3.8, 4) is 5.75 Å². The maximum Gasteiger partial charge on any atom is 0.454 e. The number of alkyl halides is 3. The number of benzene rings is 6. The van der Waals surface area contributed by atoms with Gasteiger partial charge in [-0.3, -0.25) is 28.9 Å². The SMILES string of the molecule is CC(=O)c1ccc(S(=O)(=O)N2CCOC23CCN(CC2CC2)CC3)cc1.CCCCN1CCC2(CC1)OCCN2S(=O)(=O)c1ccc(C(C)=O)cc1.CCCCN1CCC2(CC1)OCCN2S(=O)(=O)c1ccc(OC)cc1.CCN1CCC2(CC1)OCCN2S(=O)(=O)c1ccc(C(C)=O)cc1.CN1CCC2(CC1)NC(=O)CN2Cc1ccccc1.O=C(c1ccc(S(=O)(=O)N2CCOC23CCNCC3)cc1)C(F)(F)F. The highest BCUT2D eigenvalue weighted by atomic mass is 32.2. The Kier molecular flexibility index (Phi) is 37.5. The lowest BCUT2D eigenvalue weighted by molar-refractivity contribution is -0.119. The van der Waals surface area contributed by atoms with Gasteiger partial charge in [0, 0.05) is 198 Å². The van der Waals surface area contributed by atoms with Gasteiger partial charge in [0.25, 0.3) is 5.78 Å². The molecule has 0 atom stereocenters. The van der Waals surface area contributed by atoms with Crippen molar-refractivity contribution in [2.75, 3.05) is 191 Å². The van der Waals surface area contributed by atoms with Gasteiger partial charge in [-0.05, 0) is 195 Å². The van der Waals surface area contributed by atoms with E-state index in [0.29, 0.717) is 151 Å². The number of unbranched alkanes of at least 4 members (excludes halogenated alkanes) is 2. The first kappa shape index (κ1) is 113. The Hall–Kier alpha value is -7.87. The topological polar surface area (TPSA) is 371 Å². The maximum absolute atomic E-state index is 13.2. The van der Waals surface area contributed by atoms with Crippen LogP contribution in [0.1, 0.15) is 204 Å². The number of nitrogens with one attached hydrogen (secondary N) is 2. The highest BCUT2D eigenvalue weighted by Gasteiger charge is 2.57. The van der Waals surface area contributed by atoms with Gasteiger partial charge in [0.15, 0.2) is 17.3 Å². The van der Waals surface area contributed by atoms with E-state index in [1.807, 2.05) is 6.07 Å². The maximum atomic E-state index is 13.2. The van der Waals surface area contributed by atoms with Gasteiger partial charge in [-0.15, -0.1) is 0 Å². The molecule has 1 aliphatic carbocycles. The predicted octanol–water partition coefficient (Wildman–Crippen LogP) is 11.2. The molecule has 0 radical (unpaired) electrons. The number of ketones is 4. The van der Waals surface area contributed by atoms with Gasteiger partial charge < -0.3 is 63.6 Å². The average Bonchev–Trinajstić information content (AvgIpc) is 1.68. The van der Waals surface area contributed by atoms with Crippen LogP contribution in [-0.4, -0.2) is 354 Å². The quantitative estimate of drug-likeness (QED) is 0.0476. The molecule has 145 heavy (non-hydrogen) atoms. The summed E-state index contributed by atoms with van der Waals surface area (Å²) >= 11 is 0. The average molecular weight is 2120 g/mol. The highest BCUT2D eigenvalue weighted by Crippen LogP contribution is 2.46. The second-order valence-corrected chi connectivity index (χ2v) is 49.0. The Morgan fingerprint density at radius 2 is 0.710 bits per heavy atom. The molecule has 13 aliphatic rings. The van der Waals surface area contributed by atoms with Crippen LogP contribution in [-0.2, 0) is 85.1 Å². The molecule has 798 valence electrons. The first-order valence-corrected chi connectivity index (χ1v) is 58.2. The molecule has 0 aromatic heterocycles. The third-order valence-corrected chi connectivity index (χ3v) is 40.2. The number of likely N-dealkylation sites (tertiary alicyclic amines) is 5. The van der Waals surface area contributed by atoms with Crippen LogP contribution in [0.15, 0.2) is 176 Å². The summed E-state index contributed by atoms with van der Waals surface area (Å²) in [6, 6.07) is 39.4. The number of piperidine rings is 6. The second kappa shape index (κ2) is 48.2. The Bertz CT molecular complexity index is 5980. The lowest BCUT2D eigenvalue weighted by Gasteiger charge is -2.43. The summed E-state index contributed by atoms with van der Waals surface area (Å²) in [4.78, 5) is 72.3. The summed E-state index contributed by atoms with van der Waals surface area (Å²) in [5.74, 6) is -0.570. The van der Waals surface area contributed by atoms with Gasteiger partial charge in [0.05, 0.1) is 76.8 Å². The Morgan fingerprint density at radius 1 is 0.400 bits per heavy atom. The number of sulfonamides is 5. The van der Waals surface area contributed by atoms with Crippen molar-refractivity contribution in [1.82, 2.24) is 61.6 Å². The summed E-state index contributed by atoms with van der Waals surface area (Å²) in [6.07, 6.45) is 11.0. The van der Waals surface area contributed by atoms with Crippen molar-refractivity contribution in [3.05, 3.63) is 179 Å². The largest absolute Gasteiger partial charge is 0.497 e. The zero-order chi connectivity index (χ0) is 104. The van der Waals surface area contributed by atoms with E-state index in [4.69, 9.17) is 28.4 Å². The van der Waals surface area contributed by atoms with Crippen LogP contribution < -0.4 is 15.4 Å². The number of amides is 1. The van der Waals surface area contributed by atoms with Crippen molar-refractivity contribution in [2.45, 2.75) is 229 Å².